The van der Waals surface area contributed by atoms with E-state index in [0.717, 1.165) is 6.07 Å². The highest BCUT2D eigenvalue weighted by molar-refractivity contribution is 6.43. The van der Waals surface area contributed by atoms with Crippen molar-refractivity contribution in [1.29, 1.82) is 0 Å². The van der Waals surface area contributed by atoms with Gasteiger partial charge in [-0.3, -0.25) is 14.9 Å². The van der Waals surface area contributed by atoms with Crippen LogP contribution in [0.15, 0.2) is 30.5 Å². The van der Waals surface area contributed by atoms with E-state index in [1.807, 2.05) is 0 Å². The first-order valence-electron chi connectivity index (χ1n) is 5.67. The number of benzene rings is 1. The van der Waals surface area contributed by atoms with Gasteiger partial charge in [0.2, 0.25) is 0 Å². The van der Waals surface area contributed by atoms with Crippen LogP contribution in [0.1, 0.15) is 16.1 Å². The van der Waals surface area contributed by atoms with Crippen LogP contribution in [0.3, 0.4) is 0 Å². The van der Waals surface area contributed by atoms with Crippen molar-refractivity contribution in [2.75, 3.05) is 0 Å². The van der Waals surface area contributed by atoms with E-state index < -0.39 is 16.5 Å². The second-order valence-electron chi connectivity index (χ2n) is 3.95. The Morgan fingerprint density at radius 1 is 1.38 bits per heavy atom. The summed E-state index contributed by atoms with van der Waals surface area (Å²) in [5, 5.41) is 20.6. The molecular formula is C12H8Cl2N4O3. The van der Waals surface area contributed by atoms with Crippen molar-refractivity contribution >= 4 is 34.8 Å². The average Bonchev–Trinajstić information content (AvgIpc) is 2.48. The number of carbonyl (C=O) groups excluding carboxylic acids is 1. The second kappa shape index (κ2) is 6.47. The molecule has 2 rings (SSSR count). The number of hydrogen-bond acceptors (Lipinski definition) is 5. The van der Waals surface area contributed by atoms with E-state index in [9.17, 15) is 14.9 Å². The Kier molecular flexibility index (Phi) is 4.66. The summed E-state index contributed by atoms with van der Waals surface area (Å²) in [4.78, 5) is 22.1. The van der Waals surface area contributed by atoms with Gasteiger partial charge in [-0.2, -0.15) is 10.2 Å². The molecule has 1 N–H and O–H groups in total. The molecule has 0 bridgehead atoms. The summed E-state index contributed by atoms with van der Waals surface area (Å²) >= 11 is 11.5. The van der Waals surface area contributed by atoms with Crippen LogP contribution in [0.5, 0.6) is 0 Å². The smallest absolute Gasteiger partial charge is 0.290 e. The number of nitro groups is 1. The van der Waals surface area contributed by atoms with E-state index in [4.69, 9.17) is 23.2 Å². The number of nitro benzene ring substituents is 1. The third kappa shape index (κ3) is 3.65. The van der Waals surface area contributed by atoms with Crippen LogP contribution in [0, 0.1) is 10.1 Å². The van der Waals surface area contributed by atoms with Gasteiger partial charge in [-0.1, -0.05) is 23.2 Å². The van der Waals surface area contributed by atoms with Crippen molar-refractivity contribution in [3.8, 4) is 0 Å². The van der Waals surface area contributed by atoms with Gasteiger partial charge in [0.25, 0.3) is 11.6 Å². The molecule has 0 saturated heterocycles. The molecule has 0 unspecified atom stereocenters. The minimum absolute atomic E-state index is 0.0417. The van der Waals surface area contributed by atoms with Gasteiger partial charge in [0.05, 0.1) is 22.2 Å². The monoisotopic (exact) mass is 326 g/mol. The SMILES string of the molecule is O=C(NCc1cccnn1)c1cc(Cl)c(Cl)c([N+](=O)[O-])c1. The Bertz CT molecular complexity index is 694. The van der Waals surface area contributed by atoms with Crippen LogP contribution in [-0.2, 0) is 6.54 Å². The summed E-state index contributed by atoms with van der Waals surface area (Å²) in [6, 6.07) is 5.70. The van der Waals surface area contributed by atoms with Crippen LogP contribution in [0.2, 0.25) is 10.0 Å². The maximum absolute atomic E-state index is 12.0. The third-order valence-corrected chi connectivity index (χ3v) is 3.32. The molecule has 0 aliphatic carbocycles. The molecule has 108 valence electrons. The molecule has 0 fully saturated rings. The van der Waals surface area contributed by atoms with Crippen LogP contribution < -0.4 is 5.32 Å². The molecule has 1 heterocycles. The van der Waals surface area contributed by atoms with E-state index in [-0.39, 0.29) is 22.2 Å². The Morgan fingerprint density at radius 3 is 2.76 bits per heavy atom. The topological polar surface area (TPSA) is 98.0 Å². The zero-order valence-corrected chi connectivity index (χ0v) is 11.9. The summed E-state index contributed by atoms with van der Waals surface area (Å²) in [5.74, 6) is -0.526. The number of hydrogen-bond donors (Lipinski definition) is 1. The third-order valence-electron chi connectivity index (χ3n) is 2.53. The highest BCUT2D eigenvalue weighted by Crippen LogP contribution is 2.33. The molecular weight excluding hydrogens is 319 g/mol. The minimum Gasteiger partial charge on any atom is -0.346 e. The molecule has 1 aromatic heterocycles. The summed E-state index contributed by atoms with van der Waals surface area (Å²) in [5.41, 5.74) is 0.175. The minimum atomic E-state index is -0.701. The van der Waals surface area contributed by atoms with E-state index in [1.165, 1.54) is 12.3 Å². The molecule has 0 saturated carbocycles. The predicted octanol–water partition coefficient (Wildman–Crippen LogP) is 2.62. The van der Waals surface area contributed by atoms with Crippen molar-refractivity contribution in [2.24, 2.45) is 0 Å². The van der Waals surface area contributed by atoms with E-state index in [0.29, 0.717) is 5.69 Å². The lowest BCUT2D eigenvalue weighted by atomic mass is 10.2. The van der Waals surface area contributed by atoms with Gasteiger partial charge in [-0.25, -0.2) is 0 Å². The number of amides is 1. The van der Waals surface area contributed by atoms with Gasteiger partial charge in [0, 0.05) is 17.8 Å². The zero-order valence-electron chi connectivity index (χ0n) is 10.4. The molecule has 0 aliphatic heterocycles. The number of nitrogens with zero attached hydrogens (tertiary/aromatic N) is 3. The summed E-state index contributed by atoms with van der Waals surface area (Å²) in [7, 11) is 0. The van der Waals surface area contributed by atoms with Crippen molar-refractivity contribution in [1.82, 2.24) is 15.5 Å². The number of carbonyl (C=O) groups is 1. The molecule has 1 amide bonds. The van der Waals surface area contributed by atoms with Crippen molar-refractivity contribution in [3.63, 3.8) is 0 Å². The first kappa shape index (κ1) is 15.1. The number of aromatic nitrogens is 2. The molecule has 1 aromatic carbocycles. The average molecular weight is 327 g/mol. The van der Waals surface area contributed by atoms with Gasteiger partial charge < -0.3 is 5.32 Å². The lowest BCUT2D eigenvalue weighted by molar-refractivity contribution is -0.384. The van der Waals surface area contributed by atoms with Gasteiger partial charge in [0.15, 0.2) is 0 Å². The van der Waals surface area contributed by atoms with E-state index in [2.05, 4.69) is 15.5 Å². The standard InChI is InChI=1S/C12H8Cl2N4O3/c13-9-4-7(5-10(11(9)14)18(20)21)12(19)15-6-8-2-1-3-16-17-8/h1-5H,6H2,(H,15,19). The lowest BCUT2D eigenvalue weighted by Crippen LogP contribution is -2.23. The van der Waals surface area contributed by atoms with Crippen molar-refractivity contribution < 1.29 is 9.72 Å². The maximum Gasteiger partial charge on any atom is 0.290 e. The Hall–Kier alpha value is -2.25. The van der Waals surface area contributed by atoms with Gasteiger partial charge in [-0.15, -0.1) is 0 Å². The summed E-state index contributed by atoms with van der Waals surface area (Å²) < 4.78 is 0. The van der Waals surface area contributed by atoms with Crippen LogP contribution in [0.25, 0.3) is 0 Å². The molecule has 0 aliphatic rings. The number of rotatable bonds is 4. The van der Waals surface area contributed by atoms with Gasteiger partial charge in [0.1, 0.15) is 5.02 Å². The fourth-order valence-corrected chi connectivity index (χ4v) is 1.93. The number of nitrogens with one attached hydrogen (secondary N) is 1. The lowest BCUT2D eigenvalue weighted by Gasteiger charge is -2.06. The highest BCUT2D eigenvalue weighted by atomic mass is 35.5. The summed E-state index contributed by atoms with van der Waals surface area (Å²) in [6.07, 6.45) is 1.51. The van der Waals surface area contributed by atoms with Crippen LogP contribution in [0.4, 0.5) is 5.69 Å². The van der Waals surface area contributed by atoms with Crippen LogP contribution in [-0.4, -0.2) is 21.0 Å². The Balaban J connectivity index is 2.18. The normalized spacial score (nSPS) is 10.2. The largest absolute Gasteiger partial charge is 0.346 e. The van der Waals surface area contributed by atoms with Gasteiger partial charge >= 0.3 is 0 Å². The van der Waals surface area contributed by atoms with E-state index >= 15 is 0 Å². The molecule has 21 heavy (non-hydrogen) atoms. The first-order chi connectivity index (χ1) is 9.99. The molecule has 7 nitrogen and oxygen atoms in total. The van der Waals surface area contributed by atoms with Crippen molar-refractivity contribution in [3.05, 3.63) is 61.9 Å². The molecule has 0 radical (unpaired) electrons. The molecule has 0 atom stereocenters. The molecule has 9 heteroatoms. The van der Waals surface area contributed by atoms with Gasteiger partial charge in [-0.05, 0) is 18.2 Å². The van der Waals surface area contributed by atoms with Crippen LogP contribution >= 0.6 is 23.2 Å². The van der Waals surface area contributed by atoms with Crippen molar-refractivity contribution in [2.45, 2.75) is 6.54 Å². The maximum atomic E-state index is 12.0. The molecule has 2 aromatic rings. The zero-order chi connectivity index (χ0) is 15.4. The van der Waals surface area contributed by atoms with E-state index in [1.54, 1.807) is 12.1 Å². The summed E-state index contributed by atoms with van der Waals surface area (Å²) in [6.45, 7) is 0.140. The Morgan fingerprint density at radius 2 is 2.14 bits per heavy atom. The molecule has 0 spiro atoms. The number of halogens is 2. The second-order valence-corrected chi connectivity index (χ2v) is 4.73. The first-order valence-corrected chi connectivity index (χ1v) is 6.43. The quantitative estimate of drug-likeness (QED) is 0.687. The highest BCUT2D eigenvalue weighted by Gasteiger charge is 2.20. The fourth-order valence-electron chi connectivity index (χ4n) is 1.54. The Labute approximate surface area is 129 Å². The fraction of sp³-hybridized carbons (Fsp3) is 0.0833. The predicted molar refractivity (Wildman–Crippen MR) is 76.3 cm³/mol.